The van der Waals surface area contributed by atoms with Gasteiger partial charge >= 0.3 is 0 Å². The van der Waals surface area contributed by atoms with Gasteiger partial charge in [0.2, 0.25) is 0 Å². The lowest BCUT2D eigenvalue weighted by Crippen LogP contribution is -1.78. The zero-order valence-electron chi connectivity index (χ0n) is 8.19. The smallest absolute Gasteiger partial charge is 0.115 e. The van der Waals surface area contributed by atoms with E-state index in [0.717, 1.165) is 16.0 Å². The van der Waals surface area contributed by atoms with E-state index in [0.29, 0.717) is 4.88 Å². The van der Waals surface area contributed by atoms with Gasteiger partial charge < -0.3 is 5.11 Å². The molecule has 0 unspecified atom stereocenters. The molecule has 74 valence electrons. The topological polar surface area (TPSA) is 44.0 Å². The third kappa shape index (κ3) is 1.85. The monoisotopic (exact) mass is 215 g/mol. The van der Waals surface area contributed by atoms with Crippen molar-refractivity contribution in [2.75, 3.05) is 0 Å². The Balaban J connectivity index is 2.50. The van der Waals surface area contributed by atoms with Crippen LogP contribution in [0, 0.1) is 18.3 Å². The third-order valence-corrected chi connectivity index (χ3v) is 3.21. The second-order valence-electron chi connectivity index (χ2n) is 3.27. The molecule has 1 heterocycles. The van der Waals surface area contributed by atoms with E-state index in [1.54, 1.807) is 12.1 Å². The first-order valence-electron chi connectivity index (χ1n) is 4.50. The van der Waals surface area contributed by atoms with Crippen molar-refractivity contribution in [2.24, 2.45) is 0 Å². The summed E-state index contributed by atoms with van der Waals surface area (Å²) >= 11 is 1.46. The number of aromatic hydroxyl groups is 1. The minimum atomic E-state index is 0.272. The third-order valence-electron chi connectivity index (χ3n) is 2.19. The summed E-state index contributed by atoms with van der Waals surface area (Å²) in [6, 6.07) is 11.1. The van der Waals surface area contributed by atoms with Gasteiger partial charge in [0, 0.05) is 4.88 Å². The van der Waals surface area contributed by atoms with Gasteiger partial charge in [0.05, 0.1) is 0 Å². The molecule has 1 aromatic heterocycles. The number of thiophene rings is 1. The van der Waals surface area contributed by atoms with Crippen molar-refractivity contribution in [2.45, 2.75) is 6.92 Å². The van der Waals surface area contributed by atoms with Crippen LogP contribution in [0.2, 0.25) is 0 Å². The number of benzene rings is 1. The molecule has 0 saturated carbocycles. The van der Waals surface area contributed by atoms with E-state index in [2.05, 4.69) is 6.07 Å². The molecule has 0 aliphatic carbocycles. The number of hydrogen-bond donors (Lipinski definition) is 1. The molecule has 1 aromatic carbocycles. The Bertz CT molecular complexity index is 537. The molecular formula is C12H9NOS. The Hall–Kier alpha value is -1.79. The number of aryl methyl sites for hydroxylation is 1. The molecule has 0 saturated heterocycles. The summed E-state index contributed by atoms with van der Waals surface area (Å²) < 4.78 is 0. The zero-order chi connectivity index (χ0) is 10.8. The minimum absolute atomic E-state index is 0.272. The lowest BCUT2D eigenvalue weighted by molar-refractivity contribution is 0.475. The van der Waals surface area contributed by atoms with Gasteiger partial charge in [-0.2, -0.15) is 5.26 Å². The van der Waals surface area contributed by atoms with E-state index < -0.39 is 0 Å². The molecule has 1 N–H and O–H groups in total. The summed E-state index contributed by atoms with van der Waals surface area (Å²) in [6.45, 7) is 1.95. The summed E-state index contributed by atoms with van der Waals surface area (Å²) in [5.74, 6) is 0.272. The number of phenols is 1. The summed E-state index contributed by atoms with van der Waals surface area (Å²) in [5, 5.41) is 18.0. The Morgan fingerprint density at radius 2 is 2.07 bits per heavy atom. The Morgan fingerprint density at radius 1 is 1.27 bits per heavy atom. The zero-order valence-corrected chi connectivity index (χ0v) is 9.01. The Kier molecular flexibility index (Phi) is 2.44. The van der Waals surface area contributed by atoms with Crippen LogP contribution in [0.3, 0.4) is 0 Å². The average Bonchev–Trinajstić information content (AvgIpc) is 2.66. The molecule has 2 rings (SSSR count). The SMILES string of the molecule is Cc1cc(O)ccc1-c1ccc(C#N)s1. The fraction of sp³-hybridized carbons (Fsp3) is 0.0833. The van der Waals surface area contributed by atoms with Crippen LogP contribution in [0.5, 0.6) is 5.75 Å². The Labute approximate surface area is 92.0 Å². The first-order chi connectivity index (χ1) is 7.20. The van der Waals surface area contributed by atoms with Gasteiger partial charge in [-0.3, -0.25) is 0 Å². The highest BCUT2D eigenvalue weighted by Crippen LogP contribution is 2.31. The maximum atomic E-state index is 9.29. The highest BCUT2D eigenvalue weighted by Gasteiger charge is 2.05. The maximum Gasteiger partial charge on any atom is 0.115 e. The van der Waals surface area contributed by atoms with Crippen LogP contribution >= 0.6 is 11.3 Å². The van der Waals surface area contributed by atoms with E-state index in [1.807, 2.05) is 25.1 Å². The van der Waals surface area contributed by atoms with Crippen molar-refractivity contribution in [3.05, 3.63) is 40.8 Å². The molecule has 0 atom stereocenters. The molecular weight excluding hydrogens is 206 g/mol. The summed E-state index contributed by atoms with van der Waals surface area (Å²) in [6.07, 6.45) is 0. The van der Waals surface area contributed by atoms with Crippen molar-refractivity contribution in [1.82, 2.24) is 0 Å². The van der Waals surface area contributed by atoms with Crippen LogP contribution in [-0.2, 0) is 0 Å². The maximum absolute atomic E-state index is 9.29. The summed E-state index contributed by atoms with van der Waals surface area (Å²) in [7, 11) is 0. The average molecular weight is 215 g/mol. The molecule has 0 fully saturated rings. The van der Waals surface area contributed by atoms with Gasteiger partial charge in [-0.1, -0.05) is 0 Å². The number of nitrogens with zero attached hydrogens (tertiary/aromatic N) is 1. The van der Waals surface area contributed by atoms with Crippen molar-refractivity contribution >= 4 is 11.3 Å². The summed E-state index contributed by atoms with van der Waals surface area (Å²) in [5.41, 5.74) is 2.08. The fourth-order valence-corrected chi connectivity index (χ4v) is 2.36. The second-order valence-corrected chi connectivity index (χ2v) is 4.36. The van der Waals surface area contributed by atoms with E-state index in [1.165, 1.54) is 11.3 Å². The molecule has 0 aliphatic heterocycles. The van der Waals surface area contributed by atoms with Crippen molar-refractivity contribution in [1.29, 1.82) is 5.26 Å². The highest BCUT2D eigenvalue weighted by molar-refractivity contribution is 7.16. The minimum Gasteiger partial charge on any atom is -0.508 e. The van der Waals surface area contributed by atoms with Crippen LogP contribution in [0.1, 0.15) is 10.4 Å². The van der Waals surface area contributed by atoms with E-state index >= 15 is 0 Å². The van der Waals surface area contributed by atoms with Crippen molar-refractivity contribution < 1.29 is 5.11 Å². The van der Waals surface area contributed by atoms with Gasteiger partial charge in [0.15, 0.2) is 0 Å². The van der Waals surface area contributed by atoms with Crippen LogP contribution in [-0.4, -0.2) is 5.11 Å². The van der Waals surface area contributed by atoms with Crippen LogP contribution < -0.4 is 0 Å². The van der Waals surface area contributed by atoms with Gasteiger partial charge in [-0.15, -0.1) is 11.3 Å². The van der Waals surface area contributed by atoms with E-state index in [-0.39, 0.29) is 5.75 Å². The predicted octanol–water partition coefficient (Wildman–Crippen LogP) is 3.30. The molecule has 3 heteroatoms. The van der Waals surface area contributed by atoms with Crippen LogP contribution in [0.15, 0.2) is 30.3 Å². The highest BCUT2D eigenvalue weighted by atomic mass is 32.1. The molecule has 0 radical (unpaired) electrons. The molecule has 0 amide bonds. The largest absolute Gasteiger partial charge is 0.508 e. The number of phenolic OH excluding ortho intramolecular Hbond substituents is 1. The number of rotatable bonds is 1. The van der Waals surface area contributed by atoms with Crippen LogP contribution in [0.4, 0.5) is 0 Å². The van der Waals surface area contributed by atoms with E-state index in [9.17, 15) is 5.11 Å². The molecule has 15 heavy (non-hydrogen) atoms. The lowest BCUT2D eigenvalue weighted by atomic mass is 10.1. The standard InChI is InChI=1S/C12H9NOS/c1-8-6-9(14)2-4-11(8)12-5-3-10(7-13)15-12/h2-6,14H,1H3. The lowest BCUT2D eigenvalue weighted by Gasteiger charge is -2.02. The quantitative estimate of drug-likeness (QED) is 0.793. The van der Waals surface area contributed by atoms with Gasteiger partial charge in [-0.05, 0) is 48.4 Å². The van der Waals surface area contributed by atoms with Crippen molar-refractivity contribution in [3.8, 4) is 22.3 Å². The molecule has 0 spiro atoms. The van der Waals surface area contributed by atoms with Crippen LogP contribution in [0.25, 0.3) is 10.4 Å². The molecule has 2 aromatic rings. The van der Waals surface area contributed by atoms with Crippen molar-refractivity contribution in [3.63, 3.8) is 0 Å². The van der Waals surface area contributed by atoms with E-state index in [4.69, 9.17) is 5.26 Å². The molecule has 0 bridgehead atoms. The number of nitriles is 1. The van der Waals surface area contributed by atoms with Gasteiger partial charge in [0.25, 0.3) is 0 Å². The second kappa shape index (κ2) is 3.76. The van der Waals surface area contributed by atoms with Gasteiger partial charge in [0.1, 0.15) is 16.7 Å². The molecule has 2 nitrogen and oxygen atoms in total. The summed E-state index contributed by atoms with van der Waals surface area (Å²) in [4.78, 5) is 1.77. The van der Waals surface area contributed by atoms with Gasteiger partial charge in [-0.25, -0.2) is 0 Å². The first kappa shape index (κ1) is 9.75. The predicted molar refractivity (Wildman–Crippen MR) is 60.9 cm³/mol. The fourth-order valence-electron chi connectivity index (χ4n) is 1.47. The first-order valence-corrected chi connectivity index (χ1v) is 5.32. The number of hydrogen-bond acceptors (Lipinski definition) is 3. The normalized spacial score (nSPS) is 9.87. The molecule has 0 aliphatic rings. The Morgan fingerprint density at radius 3 is 2.67 bits per heavy atom.